The molecular weight excluding hydrogens is 151 g/mol. The number of aryl methyl sites for hydroxylation is 1. The summed E-state index contributed by atoms with van der Waals surface area (Å²) >= 11 is 0. The fourth-order valence-electron chi connectivity index (χ4n) is 0.868. The van der Waals surface area contributed by atoms with Gasteiger partial charge in [0.15, 0.2) is 0 Å². The molecule has 0 aliphatic heterocycles. The molecule has 0 saturated carbocycles. The molecule has 0 bridgehead atoms. The van der Waals surface area contributed by atoms with Gasteiger partial charge in [0, 0.05) is 0 Å². The zero-order valence-electron chi connectivity index (χ0n) is 7.31. The molecule has 0 N–H and O–H groups in total. The molecule has 64 valence electrons. The first kappa shape index (κ1) is 10.6. The van der Waals surface area contributed by atoms with Crippen LogP contribution in [0.5, 0.6) is 0 Å². The molecule has 0 atom stereocenters. The summed E-state index contributed by atoms with van der Waals surface area (Å²) in [7, 11) is 0. The van der Waals surface area contributed by atoms with Crippen LogP contribution >= 0.6 is 0 Å². The van der Waals surface area contributed by atoms with E-state index in [1.165, 1.54) is 12.1 Å². The van der Waals surface area contributed by atoms with Crippen molar-refractivity contribution in [2.45, 2.75) is 6.92 Å². The van der Waals surface area contributed by atoms with Crippen LogP contribution in [-0.2, 0) is 0 Å². The average molecular weight is 164 g/mol. The molecule has 0 unspecified atom stereocenters. The van der Waals surface area contributed by atoms with Gasteiger partial charge in [-0.15, -0.1) is 13.2 Å². The molecule has 0 radical (unpaired) electrons. The third-order valence-corrected chi connectivity index (χ3v) is 1.45. The minimum absolute atomic E-state index is 0.192. The summed E-state index contributed by atoms with van der Waals surface area (Å²) in [5, 5.41) is 0. The Morgan fingerprint density at radius 2 is 1.92 bits per heavy atom. The molecule has 0 spiro atoms. The van der Waals surface area contributed by atoms with Crippen molar-refractivity contribution < 1.29 is 4.39 Å². The zero-order chi connectivity index (χ0) is 9.56. The lowest BCUT2D eigenvalue weighted by molar-refractivity contribution is 0.626. The van der Waals surface area contributed by atoms with Gasteiger partial charge in [0.25, 0.3) is 0 Å². The molecule has 1 aromatic carbocycles. The third kappa shape index (κ3) is 2.70. The lowest BCUT2D eigenvalue weighted by atomic mass is 10.1. The van der Waals surface area contributed by atoms with Gasteiger partial charge < -0.3 is 0 Å². The predicted octanol–water partition coefficient (Wildman–Crippen LogP) is 3.58. The van der Waals surface area contributed by atoms with Crippen molar-refractivity contribution in [3.05, 3.63) is 54.9 Å². The Balaban J connectivity index is 0.000000561. The van der Waals surface area contributed by atoms with Crippen LogP contribution in [-0.4, -0.2) is 0 Å². The van der Waals surface area contributed by atoms with E-state index in [0.717, 1.165) is 11.1 Å². The van der Waals surface area contributed by atoms with E-state index in [4.69, 9.17) is 0 Å². The van der Waals surface area contributed by atoms with Gasteiger partial charge in [-0.2, -0.15) is 0 Å². The lowest BCUT2D eigenvalue weighted by Gasteiger charge is -1.97. The van der Waals surface area contributed by atoms with E-state index in [0.29, 0.717) is 0 Å². The second-order valence-corrected chi connectivity index (χ2v) is 2.21. The van der Waals surface area contributed by atoms with Crippen LogP contribution in [0.25, 0.3) is 6.08 Å². The molecule has 0 heterocycles. The standard InChI is InChI=1S/C9H9F.C2H4/c1-3-8-4-5-9(10)6-7(8)2;1-2/h3-6H,1H2,2H3;1-2H2. The maximum atomic E-state index is 12.4. The van der Waals surface area contributed by atoms with Crippen LogP contribution < -0.4 is 0 Å². The molecule has 0 aliphatic carbocycles. The summed E-state index contributed by atoms with van der Waals surface area (Å²) in [5.74, 6) is -0.192. The Hall–Kier alpha value is -1.37. The number of halogens is 1. The SMILES string of the molecule is C=C.C=Cc1ccc(F)cc1C. The monoisotopic (exact) mass is 164 g/mol. The molecule has 0 saturated heterocycles. The number of hydrogen-bond acceptors (Lipinski definition) is 0. The first-order valence-electron chi connectivity index (χ1n) is 3.62. The fourth-order valence-corrected chi connectivity index (χ4v) is 0.868. The molecule has 0 aliphatic rings. The smallest absolute Gasteiger partial charge is 0.123 e. The van der Waals surface area contributed by atoms with E-state index in [2.05, 4.69) is 19.7 Å². The zero-order valence-corrected chi connectivity index (χ0v) is 7.31. The van der Waals surface area contributed by atoms with E-state index in [1.54, 1.807) is 12.1 Å². The highest BCUT2D eigenvalue weighted by Gasteiger charge is 1.93. The minimum Gasteiger partial charge on any atom is -0.207 e. The predicted molar refractivity (Wildman–Crippen MR) is 52.5 cm³/mol. The molecule has 0 aromatic heterocycles. The van der Waals surface area contributed by atoms with Crippen molar-refractivity contribution in [1.29, 1.82) is 0 Å². The lowest BCUT2D eigenvalue weighted by Crippen LogP contribution is -1.81. The van der Waals surface area contributed by atoms with Gasteiger partial charge in [0.05, 0.1) is 0 Å². The van der Waals surface area contributed by atoms with Crippen molar-refractivity contribution in [2.75, 3.05) is 0 Å². The molecule has 0 nitrogen and oxygen atoms in total. The van der Waals surface area contributed by atoms with Gasteiger partial charge in [-0.25, -0.2) is 4.39 Å². The highest BCUT2D eigenvalue weighted by atomic mass is 19.1. The van der Waals surface area contributed by atoms with Crippen LogP contribution in [0.3, 0.4) is 0 Å². The highest BCUT2D eigenvalue weighted by Crippen LogP contribution is 2.10. The van der Waals surface area contributed by atoms with Gasteiger partial charge in [-0.05, 0) is 30.2 Å². The average Bonchev–Trinajstić information content (AvgIpc) is 2.08. The van der Waals surface area contributed by atoms with Crippen molar-refractivity contribution in [2.24, 2.45) is 0 Å². The summed E-state index contributed by atoms with van der Waals surface area (Å²) in [6.07, 6.45) is 1.72. The second-order valence-electron chi connectivity index (χ2n) is 2.21. The summed E-state index contributed by atoms with van der Waals surface area (Å²) in [5.41, 5.74) is 1.91. The van der Waals surface area contributed by atoms with E-state index >= 15 is 0 Å². The van der Waals surface area contributed by atoms with Crippen molar-refractivity contribution >= 4 is 6.08 Å². The van der Waals surface area contributed by atoms with Crippen molar-refractivity contribution in [1.82, 2.24) is 0 Å². The summed E-state index contributed by atoms with van der Waals surface area (Å²) in [4.78, 5) is 0. The van der Waals surface area contributed by atoms with E-state index in [9.17, 15) is 4.39 Å². The van der Waals surface area contributed by atoms with Gasteiger partial charge >= 0.3 is 0 Å². The van der Waals surface area contributed by atoms with Crippen LogP contribution in [0.15, 0.2) is 37.9 Å². The minimum atomic E-state index is -0.192. The van der Waals surface area contributed by atoms with Crippen LogP contribution in [0.1, 0.15) is 11.1 Å². The van der Waals surface area contributed by atoms with Gasteiger partial charge in [0.1, 0.15) is 5.82 Å². The molecule has 0 fully saturated rings. The Morgan fingerprint density at radius 1 is 1.33 bits per heavy atom. The Labute approximate surface area is 73.0 Å². The van der Waals surface area contributed by atoms with E-state index in [-0.39, 0.29) is 5.82 Å². The molecule has 1 rings (SSSR count). The quantitative estimate of drug-likeness (QED) is 0.556. The first-order valence-corrected chi connectivity index (χ1v) is 3.62. The maximum absolute atomic E-state index is 12.4. The number of hydrogen-bond donors (Lipinski definition) is 0. The first-order chi connectivity index (χ1) is 5.74. The third-order valence-electron chi connectivity index (χ3n) is 1.45. The topological polar surface area (TPSA) is 0 Å². The summed E-state index contributed by atoms with van der Waals surface area (Å²) < 4.78 is 12.4. The Morgan fingerprint density at radius 3 is 2.33 bits per heavy atom. The van der Waals surface area contributed by atoms with Crippen molar-refractivity contribution in [3.63, 3.8) is 0 Å². The number of benzene rings is 1. The van der Waals surface area contributed by atoms with Gasteiger partial charge in [-0.3, -0.25) is 0 Å². The summed E-state index contributed by atoms with van der Waals surface area (Å²) in [6.45, 7) is 11.5. The van der Waals surface area contributed by atoms with Crippen LogP contribution in [0.4, 0.5) is 4.39 Å². The van der Waals surface area contributed by atoms with Crippen LogP contribution in [0, 0.1) is 12.7 Å². The Kier molecular flexibility index (Phi) is 4.70. The fraction of sp³-hybridized carbons (Fsp3) is 0.0909. The van der Waals surface area contributed by atoms with Gasteiger partial charge in [-0.1, -0.05) is 18.7 Å². The Bertz CT molecular complexity index is 264. The van der Waals surface area contributed by atoms with Crippen molar-refractivity contribution in [3.8, 4) is 0 Å². The van der Waals surface area contributed by atoms with E-state index in [1.807, 2.05) is 6.92 Å². The molecular formula is C11H13F. The molecule has 12 heavy (non-hydrogen) atoms. The summed E-state index contributed by atoms with van der Waals surface area (Å²) in [6, 6.07) is 4.65. The maximum Gasteiger partial charge on any atom is 0.123 e. The second kappa shape index (κ2) is 5.30. The molecule has 1 aromatic rings. The largest absolute Gasteiger partial charge is 0.207 e. The molecule has 1 heteroatoms. The highest BCUT2D eigenvalue weighted by molar-refractivity contribution is 5.51. The van der Waals surface area contributed by atoms with E-state index < -0.39 is 0 Å². The normalized spacial score (nSPS) is 8.17. The van der Waals surface area contributed by atoms with Crippen LogP contribution in [0.2, 0.25) is 0 Å². The van der Waals surface area contributed by atoms with Gasteiger partial charge in [0.2, 0.25) is 0 Å². The number of rotatable bonds is 1. The molecule has 0 amide bonds.